The smallest absolute Gasteiger partial charge is 0.262 e. The van der Waals surface area contributed by atoms with Crippen LogP contribution in [0.15, 0.2) is 35.1 Å². The summed E-state index contributed by atoms with van der Waals surface area (Å²) in [5.41, 5.74) is -0.249. The van der Waals surface area contributed by atoms with Crippen LogP contribution in [0, 0.1) is 0 Å². The molecular formula is C16H20N2O3. The molecule has 2 N–H and O–H groups in total. The van der Waals surface area contributed by atoms with E-state index in [2.05, 4.69) is 9.97 Å². The molecular weight excluding hydrogens is 268 g/mol. The van der Waals surface area contributed by atoms with Gasteiger partial charge in [0.05, 0.1) is 0 Å². The van der Waals surface area contributed by atoms with Crippen molar-refractivity contribution in [1.82, 2.24) is 9.97 Å². The van der Waals surface area contributed by atoms with E-state index in [1.165, 1.54) is 0 Å². The fourth-order valence-corrected chi connectivity index (χ4v) is 2.51. The van der Waals surface area contributed by atoms with Gasteiger partial charge in [-0.2, -0.15) is 4.98 Å². The highest BCUT2D eigenvalue weighted by Crippen LogP contribution is 2.32. The summed E-state index contributed by atoms with van der Waals surface area (Å²) in [5, 5.41) is 10.2. The standard InChI is InChI=1S/C16H20N2O3/c1-4-16(5-2,21-3)15-17-13(19)12(14(20)18-15)11-9-7-6-8-10-11/h6-10H,4-5H2,1-3H3,(H2,17,18,19,20). The summed E-state index contributed by atoms with van der Waals surface area (Å²) >= 11 is 0. The van der Waals surface area contributed by atoms with Crippen molar-refractivity contribution in [3.05, 3.63) is 46.5 Å². The van der Waals surface area contributed by atoms with Crippen molar-refractivity contribution in [2.24, 2.45) is 0 Å². The number of H-pyrrole nitrogens is 1. The lowest BCUT2D eigenvalue weighted by Crippen LogP contribution is -2.32. The average molecular weight is 288 g/mol. The molecule has 0 saturated carbocycles. The first-order valence-corrected chi connectivity index (χ1v) is 7.02. The van der Waals surface area contributed by atoms with Crippen molar-refractivity contribution in [3.63, 3.8) is 0 Å². The Hall–Kier alpha value is -2.14. The van der Waals surface area contributed by atoms with Crippen molar-refractivity contribution in [1.29, 1.82) is 0 Å². The lowest BCUT2D eigenvalue weighted by molar-refractivity contribution is -0.0296. The molecule has 0 atom stereocenters. The Morgan fingerprint density at radius 3 is 2.33 bits per heavy atom. The number of aromatic hydroxyl groups is 1. The first kappa shape index (κ1) is 15.3. The van der Waals surface area contributed by atoms with E-state index in [0.29, 0.717) is 24.2 Å². The molecule has 1 aromatic heterocycles. The first-order chi connectivity index (χ1) is 10.1. The molecule has 2 aromatic rings. The molecule has 0 amide bonds. The fourth-order valence-electron chi connectivity index (χ4n) is 2.51. The fraction of sp³-hybridized carbons (Fsp3) is 0.375. The number of hydrogen-bond donors (Lipinski definition) is 2. The molecule has 0 aliphatic heterocycles. The Bertz CT molecular complexity index is 653. The van der Waals surface area contributed by atoms with Crippen LogP contribution in [0.2, 0.25) is 0 Å². The van der Waals surface area contributed by atoms with Gasteiger partial charge in [0.15, 0.2) is 0 Å². The summed E-state index contributed by atoms with van der Waals surface area (Å²) in [4.78, 5) is 19.3. The topological polar surface area (TPSA) is 75.2 Å². The third kappa shape index (κ3) is 2.69. The molecule has 0 aliphatic rings. The number of benzene rings is 1. The summed E-state index contributed by atoms with van der Waals surface area (Å²) in [6.45, 7) is 3.91. The normalized spacial score (nSPS) is 11.6. The minimum absolute atomic E-state index is 0.177. The van der Waals surface area contributed by atoms with Crippen LogP contribution in [-0.2, 0) is 10.3 Å². The van der Waals surface area contributed by atoms with E-state index in [9.17, 15) is 9.90 Å². The zero-order chi connectivity index (χ0) is 15.5. The molecule has 0 unspecified atom stereocenters. The van der Waals surface area contributed by atoms with Crippen LogP contribution in [0.1, 0.15) is 32.5 Å². The zero-order valence-electron chi connectivity index (χ0n) is 12.5. The Labute approximate surface area is 123 Å². The van der Waals surface area contributed by atoms with Gasteiger partial charge in [0.25, 0.3) is 5.56 Å². The molecule has 1 aromatic carbocycles. The van der Waals surface area contributed by atoms with Gasteiger partial charge in [0, 0.05) is 7.11 Å². The summed E-state index contributed by atoms with van der Waals surface area (Å²) in [7, 11) is 1.58. The highest BCUT2D eigenvalue weighted by molar-refractivity contribution is 5.67. The molecule has 5 nitrogen and oxygen atoms in total. The second-order valence-corrected chi connectivity index (χ2v) is 4.88. The van der Waals surface area contributed by atoms with Gasteiger partial charge in [-0.3, -0.25) is 4.79 Å². The summed E-state index contributed by atoms with van der Waals surface area (Å²) in [6, 6.07) is 8.98. The quantitative estimate of drug-likeness (QED) is 0.887. The van der Waals surface area contributed by atoms with Crippen molar-refractivity contribution in [3.8, 4) is 17.0 Å². The predicted molar refractivity (Wildman–Crippen MR) is 81.2 cm³/mol. The Balaban J connectivity index is 2.60. The lowest BCUT2D eigenvalue weighted by Gasteiger charge is -2.29. The maximum Gasteiger partial charge on any atom is 0.262 e. The van der Waals surface area contributed by atoms with Crippen molar-refractivity contribution in [2.45, 2.75) is 32.3 Å². The van der Waals surface area contributed by atoms with Crippen LogP contribution in [0.3, 0.4) is 0 Å². The van der Waals surface area contributed by atoms with Crippen LogP contribution >= 0.6 is 0 Å². The predicted octanol–water partition coefficient (Wildman–Crippen LogP) is 2.80. The van der Waals surface area contributed by atoms with Crippen LogP contribution in [0.5, 0.6) is 5.88 Å². The molecule has 5 heteroatoms. The minimum Gasteiger partial charge on any atom is -0.493 e. The Kier molecular flexibility index (Phi) is 4.43. The maximum atomic E-state index is 12.3. The number of nitrogens with one attached hydrogen (secondary N) is 1. The van der Waals surface area contributed by atoms with Gasteiger partial charge in [0.2, 0.25) is 5.88 Å². The number of hydrogen-bond acceptors (Lipinski definition) is 4. The molecule has 2 rings (SSSR count). The zero-order valence-corrected chi connectivity index (χ0v) is 12.5. The second-order valence-electron chi connectivity index (χ2n) is 4.88. The van der Waals surface area contributed by atoms with Gasteiger partial charge >= 0.3 is 0 Å². The number of ether oxygens (including phenoxy) is 1. The molecule has 0 saturated heterocycles. The lowest BCUT2D eigenvalue weighted by atomic mass is 9.95. The molecule has 0 aliphatic carbocycles. The van der Waals surface area contributed by atoms with E-state index in [1.54, 1.807) is 31.4 Å². The maximum absolute atomic E-state index is 12.3. The van der Waals surface area contributed by atoms with Gasteiger partial charge < -0.3 is 14.8 Å². The third-order valence-corrected chi connectivity index (χ3v) is 3.93. The van der Waals surface area contributed by atoms with E-state index in [0.717, 1.165) is 0 Å². The van der Waals surface area contributed by atoms with Crippen molar-refractivity contribution < 1.29 is 9.84 Å². The summed E-state index contributed by atoms with van der Waals surface area (Å²) < 4.78 is 5.53. The molecule has 112 valence electrons. The number of aromatic nitrogens is 2. The van der Waals surface area contributed by atoms with Gasteiger partial charge in [-0.05, 0) is 18.4 Å². The monoisotopic (exact) mass is 288 g/mol. The molecule has 0 bridgehead atoms. The van der Waals surface area contributed by atoms with Gasteiger partial charge in [-0.25, -0.2) is 0 Å². The van der Waals surface area contributed by atoms with E-state index in [4.69, 9.17) is 4.74 Å². The van der Waals surface area contributed by atoms with Gasteiger partial charge in [-0.15, -0.1) is 0 Å². The number of nitrogens with zero attached hydrogens (tertiary/aromatic N) is 1. The highest BCUT2D eigenvalue weighted by atomic mass is 16.5. The SMILES string of the molecule is CCC(CC)(OC)c1nc(O)c(-c2ccccc2)c(=O)[nH]1. The Morgan fingerprint density at radius 1 is 1.24 bits per heavy atom. The Morgan fingerprint density at radius 2 is 1.86 bits per heavy atom. The summed E-state index contributed by atoms with van der Waals surface area (Å²) in [6.07, 6.45) is 1.29. The van der Waals surface area contributed by atoms with Crippen LogP contribution in [0.25, 0.3) is 11.1 Å². The van der Waals surface area contributed by atoms with Gasteiger partial charge in [-0.1, -0.05) is 44.2 Å². The van der Waals surface area contributed by atoms with Crippen LogP contribution in [0.4, 0.5) is 0 Å². The van der Waals surface area contributed by atoms with E-state index in [-0.39, 0.29) is 17.0 Å². The van der Waals surface area contributed by atoms with Crippen molar-refractivity contribution in [2.75, 3.05) is 7.11 Å². The van der Waals surface area contributed by atoms with Gasteiger partial charge in [0.1, 0.15) is 17.0 Å². The molecule has 0 spiro atoms. The molecule has 21 heavy (non-hydrogen) atoms. The number of aromatic amines is 1. The highest BCUT2D eigenvalue weighted by Gasteiger charge is 2.32. The first-order valence-electron chi connectivity index (χ1n) is 7.02. The average Bonchev–Trinajstić information content (AvgIpc) is 2.50. The molecule has 1 heterocycles. The third-order valence-electron chi connectivity index (χ3n) is 3.93. The van der Waals surface area contributed by atoms with E-state index >= 15 is 0 Å². The van der Waals surface area contributed by atoms with E-state index < -0.39 is 5.60 Å². The number of rotatable bonds is 5. The number of methoxy groups -OCH3 is 1. The van der Waals surface area contributed by atoms with E-state index in [1.807, 2.05) is 19.9 Å². The minimum atomic E-state index is -0.689. The molecule has 0 radical (unpaired) electrons. The van der Waals surface area contributed by atoms with Crippen LogP contribution < -0.4 is 5.56 Å². The largest absolute Gasteiger partial charge is 0.493 e. The van der Waals surface area contributed by atoms with Crippen LogP contribution in [-0.4, -0.2) is 22.2 Å². The van der Waals surface area contributed by atoms with Crippen molar-refractivity contribution >= 4 is 0 Å². The molecule has 0 fully saturated rings. The second kappa shape index (κ2) is 6.10. The summed E-state index contributed by atoms with van der Waals surface area (Å²) in [5.74, 6) is 0.0838.